The molecule has 2 aliphatic rings. The Balaban J connectivity index is 1.91. The largest absolute Gasteiger partial charge is 0.380 e. The molecule has 1 saturated heterocycles. The van der Waals surface area contributed by atoms with Crippen molar-refractivity contribution in [3.8, 4) is 0 Å². The molecule has 19 heavy (non-hydrogen) atoms. The molecule has 1 saturated carbocycles. The summed E-state index contributed by atoms with van der Waals surface area (Å²) in [5.41, 5.74) is 0.448. The molecular weight excluding hydrogens is 236 g/mol. The summed E-state index contributed by atoms with van der Waals surface area (Å²) in [5.74, 6) is 1.51. The maximum Gasteiger partial charge on any atom is 0.0724 e. The number of piperidine rings is 1. The maximum atomic E-state index is 5.63. The minimum Gasteiger partial charge on any atom is -0.380 e. The Hall–Kier alpha value is -0.120. The van der Waals surface area contributed by atoms with Gasteiger partial charge in [0.1, 0.15) is 0 Å². The van der Waals surface area contributed by atoms with Crippen molar-refractivity contribution < 1.29 is 4.74 Å². The van der Waals surface area contributed by atoms with E-state index in [4.69, 9.17) is 4.74 Å². The fourth-order valence-electron chi connectivity index (χ4n) is 4.24. The van der Waals surface area contributed by atoms with Gasteiger partial charge in [0.25, 0.3) is 0 Å². The van der Waals surface area contributed by atoms with Gasteiger partial charge in [0.15, 0.2) is 0 Å². The van der Waals surface area contributed by atoms with Gasteiger partial charge in [-0.2, -0.15) is 0 Å². The Morgan fingerprint density at radius 2 is 2.05 bits per heavy atom. The lowest BCUT2D eigenvalue weighted by Crippen LogP contribution is -2.49. The smallest absolute Gasteiger partial charge is 0.0724 e. The third-order valence-corrected chi connectivity index (χ3v) is 5.55. The van der Waals surface area contributed by atoms with Crippen molar-refractivity contribution in [3.05, 3.63) is 0 Å². The molecule has 1 aliphatic carbocycles. The van der Waals surface area contributed by atoms with Gasteiger partial charge in [-0.05, 0) is 50.1 Å². The number of likely N-dealkylation sites (tertiary alicyclic amines) is 1. The maximum absolute atomic E-state index is 5.63. The molecule has 4 atom stereocenters. The SMILES string of the molecule is CNC1C(CN2CCC(C)C(OC)C2)CCC1(C)C. The van der Waals surface area contributed by atoms with E-state index in [-0.39, 0.29) is 0 Å². The predicted molar refractivity (Wildman–Crippen MR) is 80.4 cm³/mol. The van der Waals surface area contributed by atoms with Crippen LogP contribution in [0.2, 0.25) is 0 Å². The van der Waals surface area contributed by atoms with Crippen molar-refractivity contribution in [3.63, 3.8) is 0 Å². The number of methoxy groups -OCH3 is 1. The summed E-state index contributed by atoms with van der Waals surface area (Å²) in [5, 5.41) is 3.57. The van der Waals surface area contributed by atoms with Crippen LogP contribution in [0.3, 0.4) is 0 Å². The van der Waals surface area contributed by atoms with Crippen molar-refractivity contribution in [2.75, 3.05) is 33.8 Å². The van der Waals surface area contributed by atoms with Crippen LogP contribution in [0.25, 0.3) is 0 Å². The zero-order valence-corrected chi connectivity index (χ0v) is 13.4. The molecule has 0 amide bonds. The first-order valence-electron chi connectivity index (χ1n) is 7.90. The molecule has 0 aromatic carbocycles. The van der Waals surface area contributed by atoms with E-state index in [1.807, 2.05) is 7.11 Å². The number of rotatable bonds is 4. The van der Waals surface area contributed by atoms with E-state index < -0.39 is 0 Å². The average molecular weight is 268 g/mol. The predicted octanol–water partition coefficient (Wildman–Crippen LogP) is 2.37. The van der Waals surface area contributed by atoms with Crippen molar-refractivity contribution >= 4 is 0 Å². The lowest BCUT2D eigenvalue weighted by Gasteiger charge is -2.39. The molecule has 0 bridgehead atoms. The van der Waals surface area contributed by atoms with Crippen LogP contribution in [-0.4, -0.2) is 50.8 Å². The van der Waals surface area contributed by atoms with Crippen LogP contribution in [-0.2, 0) is 4.74 Å². The number of hydrogen-bond acceptors (Lipinski definition) is 3. The number of hydrogen-bond donors (Lipinski definition) is 1. The van der Waals surface area contributed by atoms with Gasteiger partial charge in [0.2, 0.25) is 0 Å². The van der Waals surface area contributed by atoms with Crippen molar-refractivity contribution in [1.82, 2.24) is 10.2 Å². The summed E-state index contributed by atoms with van der Waals surface area (Å²) in [7, 11) is 3.99. The molecule has 112 valence electrons. The second-order valence-corrected chi connectivity index (χ2v) is 7.35. The Bertz CT molecular complexity index is 292. The summed E-state index contributed by atoms with van der Waals surface area (Å²) in [6.45, 7) is 10.7. The van der Waals surface area contributed by atoms with E-state index in [0.717, 1.165) is 12.5 Å². The van der Waals surface area contributed by atoms with E-state index in [2.05, 4.69) is 38.0 Å². The van der Waals surface area contributed by atoms with E-state index in [1.54, 1.807) is 0 Å². The molecule has 0 radical (unpaired) electrons. The highest BCUT2D eigenvalue weighted by Gasteiger charge is 2.42. The molecular formula is C16H32N2O. The van der Waals surface area contributed by atoms with Crippen LogP contribution >= 0.6 is 0 Å². The standard InChI is InChI=1S/C16H32N2O/c1-12-7-9-18(11-14(12)19-5)10-13-6-8-16(2,3)15(13)17-4/h12-15,17H,6-11H2,1-5H3. The van der Waals surface area contributed by atoms with Crippen LogP contribution in [0.1, 0.15) is 40.0 Å². The van der Waals surface area contributed by atoms with Gasteiger partial charge in [0, 0.05) is 26.2 Å². The van der Waals surface area contributed by atoms with Gasteiger partial charge >= 0.3 is 0 Å². The first-order chi connectivity index (χ1) is 8.97. The fourth-order valence-corrected chi connectivity index (χ4v) is 4.24. The summed E-state index contributed by atoms with van der Waals surface area (Å²) in [4.78, 5) is 2.63. The summed E-state index contributed by atoms with van der Waals surface area (Å²) in [6.07, 6.45) is 4.42. The zero-order valence-electron chi connectivity index (χ0n) is 13.4. The van der Waals surface area contributed by atoms with E-state index in [0.29, 0.717) is 23.5 Å². The monoisotopic (exact) mass is 268 g/mol. The Morgan fingerprint density at radius 1 is 1.32 bits per heavy atom. The van der Waals surface area contributed by atoms with Crippen LogP contribution < -0.4 is 5.32 Å². The molecule has 1 heterocycles. The summed E-state index contributed by atoms with van der Waals surface area (Å²) >= 11 is 0. The summed E-state index contributed by atoms with van der Waals surface area (Å²) < 4.78 is 5.63. The highest BCUT2D eigenvalue weighted by molar-refractivity contribution is 4.97. The molecule has 0 aromatic heterocycles. The molecule has 0 aromatic rings. The van der Waals surface area contributed by atoms with Crippen LogP contribution in [0.15, 0.2) is 0 Å². The molecule has 3 heteroatoms. The van der Waals surface area contributed by atoms with Gasteiger partial charge in [-0.1, -0.05) is 20.8 Å². The normalized spacial score (nSPS) is 39.6. The van der Waals surface area contributed by atoms with Crippen molar-refractivity contribution in [2.45, 2.75) is 52.2 Å². The third-order valence-electron chi connectivity index (χ3n) is 5.55. The Kier molecular flexibility index (Phi) is 4.91. The minimum atomic E-state index is 0.427. The third kappa shape index (κ3) is 3.32. The van der Waals surface area contributed by atoms with Gasteiger partial charge in [-0.3, -0.25) is 0 Å². The van der Waals surface area contributed by atoms with Crippen molar-refractivity contribution in [1.29, 1.82) is 0 Å². The highest BCUT2D eigenvalue weighted by atomic mass is 16.5. The Labute approximate surface area is 119 Å². The molecule has 1 N–H and O–H groups in total. The van der Waals surface area contributed by atoms with E-state index in [9.17, 15) is 0 Å². The first kappa shape index (κ1) is 15.3. The van der Waals surface area contributed by atoms with Gasteiger partial charge in [0.05, 0.1) is 6.10 Å². The lowest BCUT2D eigenvalue weighted by atomic mass is 9.84. The molecule has 3 nitrogen and oxygen atoms in total. The summed E-state index contributed by atoms with van der Waals surface area (Å²) in [6, 6.07) is 0.660. The van der Waals surface area contributed by atoms with Crippen molar-refractivity contribution in [2.24, 2.45) is 17.3 Å². The van der Waals surface area contributed by atoms with E-state index in [1.165, 1.54) is 32.4 Å². The zero-order chi connectivity index (χ0) is 14.0. The lowest BCUT2D eigenvalue weighted by molar-refractivity contribution is -0.0107. The van der Waals surface area contributed by atoms with Gasteiger partial charge < -0.3 is 15.0 Å². The van der Waals surface area contributed by atoms with Gasteiger partial charge in [-0.15, -0.1) is 0 Å². The quantitative estimate of drug-likeness (QED) is 0.847. The first-order valence-corrected chi connectivity index (χ1v) is 7.90. The minimum absolute atomic E-state index is 0.427. The van der Waals surface area contributed by atoms with E-state index >= 15 is 0 Å². The number of nitrogens with one attached hydrogen (secondary N) is 1. The fraction of sp³-hybridized carbons (Fsp3) is 1.00. The molecule has 1 aliphatic heterocycles. The number of nitrogens with zero attached hydrogens (tertiary/aromatic N) is 1. The second kappa shape index (κ2) is 6.11. The van der Waals surface area contributed by atoms with Crippen LogP contribution in [0.4, 0.5) is 0 Å². The molecule has 2 fully saturated rings. The second-order valence-electron chi connectivity index (χ2n) is 7.35. The van der Waals surface area contributed by atoms with Crippen LogP contribution in [0.5, 0.6) is 0 Å². The average Bonchev–Trinajstić information content (AvgIpc) is 2.66. The molecule has 2 rings (SSSR count). The number of ether oxygens (including phenoxy) is 1. The highest BCUT2D eigenvalue weighted by Crippen LogP contribution is 2.41. The molecule has 0 spiro atoms. The van der Waals surface area contributed by atoms with Crippen LogP contribution in [0, 0.1) is 17.3 Å². The topological polar surface area (TPSA) is 24.5 Å². The van der Waals surface area contributed by atoms with Gasteiger partial charge in [-0.25, -0.2) is 0 Å². The molecule has 4 unspecified atom stereocenters. The Morgan fingerprint density at radius 3 is 2.68 bits per heavy atom.